The number of carbonyl (C=O) groups excluding carboxylic acids is 1. The molecule has 0 radical (unpaired) electrons. The van der Waals surface area contributed by atoms with Gasteiger partial charge < -0.3 is 9.64 Å². The van der Waals surface area contributed by atoms with Gasteiger partial charge in [0.1, 0.15) is 0 Å². The van der Waals surface area contributed by atoms with Crippen LogP contribution in [-0.2, 0) is 9.53 Å². The highest BCUT2D eigenvalue weighted by molar-refractivity contribution is 6.00. The van der Waals surface area contributed by atoms with E-state index in [1.54, 1.807) is 0 Å². The van der Waals surface area contributed by atoms with Gasteiger partial charge in [0.25, 0.3) is 0 Å². The summed E-state index contributed by atoms with van der Waals surface area (Å²) < 4.78 is 5.50. The number of unbranched alkanes of at least 4 members (excludes halogenated alkanes) is 1. The minimum Gasteiger partial charge on any atom is -0.463 e. The zero-order chi connectivity index (χ0) is 19.9. The molecule has 28 heavy (non-hydrogen) atoms. The Kier molecular flexibility index (Phi) is 6.70. The Morgan fingerprint density at radius 2 is 1.75 bits per heavy atom. The lowest BCUT2D eigenvalue weighted by Crippen LogP contribution is -2.28. The third-order valence-electron chi connectivity index (χ3n) is 5.04. The molecule has 3 nitrogen and oxygen atoms in total. The molecule has 0 saturated heterocycles. The van der Waals surface area contributed by atoms with Gasteiger partial charge in [-0.1, -0.05) is 79.6 Å². The molecule has 0 bridgehead atoms. The van der Waals surface area contributed by atoms with Gasteiger partial charge in [0.05, 0.1) is 17.9 Å². The van der Waals surface area contributed by atoms with Crippen LogP contribution < -0.4 is 0 Å². The maximum absolute atomic E-state index is 13.1. The van der Waals surface area contributed by atoms with E-state index >= 15 is 0 Å². The molecule has 2 aromatic carbocycles. The predicted octanol–water partition coefficient (Wildman–Crippen LogP) is 5.68. The Balaban J connectivity index is 2.16. The van der Waals surface area contributed by atoms with Crippen LogP contribution in [0, 0.1) is 6.92 Å². The van der Waals surface area contributed by atoms with Crippen LogP contribution in [0.5, 0.6) is 0 Å². The van der Waals surface area contributed by atoms with Crippen molar-refractivity contribution in [3.8, 4) is 0 Å². The fourth-order valence-electron chi connectivity index (χ4n) is 3.58. The molecule has 2 aromatic rings. The van der Waals surface area contributed by atoms with E-state index in [-0.39, 0.29) is 11.9 Å². The van der Waals surface area contributed by atoms with Gasteiger partial charge in [-0.25, -0.2) is 4.79 Å². The lowest BCUT2D eigenvalue weighted by molar-refractivity contribution is -0.138. The minimum atomic E-state index is -0.238. The third kappa shape index (κ3) is 4.36. The van der Waals surface area contributed by atoms with Crippen LogP contribution in [0.4, 0.5) is 0 Å². The van der Waals surface area contributed by atoms with Crippen molar-refractivity contribution in [1.29, 1.82) is 0 Å². The van der Waals surface area contributed by atoms with Crippen molar-refractivity contribution in [2.24, 2.45) is 0 Å². The summed E-state index contributed by atoms with van der Waals surface area (Å²) in [5.41, 5.74) is 5.03. The first-order valence-electron chi connectivity index (χ1n) is 10.1. The first-order chi connectivity index (χ1) is 13.7. The Morgan fingerprint density at radius 3 is 2.39 bits per heavy atom. The van der Waals surface area contributed by atoms with Crippen LogP contribution in [0.1, 0.15) is 49.3 Å². The van der Waals surface area contributed by atoms with E-state index in [9.17, 15) is 4.79 Å². The van der Waals surface area contributed by atoms with Crippen molar-refractivity contribution in [2.75, 3.05) is 13.2 Å². The summed E-state index contributed by atoms with van der Waals surface area (Å²) in [6.45, 7) is 7.35. The average Bonchev–Trinajstić information content (AvgIpc) is 2.73. The third-order valence-corrected chi connectivity index (χ3v) is 5.04. The van der Waals surface area contributed by atoms with Crippen molar-refractivity contribution in [3.05, 3.63) is 89.1 Å². The van der Waals surface area contributed by atoms with Gasteiger partial charge >= 0.3 is 5.97 Å². The molecule has 0 amide bonds. The first kappa shape index (κ1) is 19.9. The minimum absolute atomic E-state index is 0.118. The molecule has 3 heteroatoms. The molecule has 0 saturated carbocycles. The topological polar surface area (TPSA) is 29.5 Å². The average molecular weight is 376 g/mol. The predicted molar refractivity (Wildman–Crippen MR) is 115 cm³/mol. The standard InChI is InChI=1S/C25H29NO2/c1-4-6-17-26-18-16-22(20-14-12-19(3)13-15-20)23(25(27)28-5-2)24(26)21-10-8-7-9-11-21/h7-16,18,22H,4-6,17H2,1-3H3. The maximum atomic E-state index is 13.1. The van der Waals surface area contributed by atoms with Crippen LogP contribution in [0.3, 0.4) is 0 Å². The first-order valence-corrected chi connectivity index (χ1v) is 10.1. The van der Waals surface area contributed by atoms with E-state index in [0.29, 0.717) is 6.61 Å². The molecule has 0 N–H and O–H groups in total. The zero-order valence-electron chi connectivity index (χ0n) is 17.0. The van der Waals surface area contributed by atoms with Crippen molar-refractivity contribution in [2.45, 2.75) is 39.5 Å². The van der Waals surface area contributed by atoms with Crippen LogP contribution >= 0.6 is 0 Å². The molecule has 0 spiro atoms. The number of esters is 1. The van der Waals surface area contributed by atoms with Crippen LogP contribution in [0.25, 0.3) is 5.70 Å². The molecule has 0 aromatic heterocycles. The van der Waals surface area contributed by atoms with Crippen LogP contribution in [0.15, 0.2) is 72.4 Å². The zero-order valence-corrected chi connectivity index (χ0v) is 17.0. The van der Waals surface area contributed by atoms with Gasteiger partial charge in [-0.2, -0.15) is 0 Å². The maximum Gasteiger partial charge on any atom is 0.337 e. The van der Waals surface area contributed by atoms with Crippen LogP contribution in [-0.4, -0.2) is 24.0 Å². The molecule has 1 aliphatic heterocycles. The van der Waals surface area contributed by atoms with Crippen molar-refractivity contribution < 1.29 is 9.53 Å². The van der Waals surface area contributed by atoms with Gasteiger partial charge in [0.2, 0.25) is 0 Å². The molecule has 1 heterocycles. The Labute approximate surface area is 168 Å². The Bertz CT molecular complexity index is 850. The summed E-state index contributed by atoms with van der Waals surface area (Å²) in [6.07, 6.45) is 6.42. The summed E-state index contributed by atoms with van der Waals surface area (Å²) in [4.78, 5) is 15.3. The number of rotatable bonds is 7. The molecular formula is C25H29NO2. The number of carbonyl (C=O) groups is 1. The van der Waals surface area contributed by atoms with Gasteiger partial charge in [-0.3, -0.25) is 0 Å². The summed E-state index contributed by atoms with van der Waals surface area (Å²) in [5.74, 6) is -0.356. The molecule has 1 unspecified atom stereocenters. The van der Waals surface area contributed by atoms with Crippen LogP contribution in [0.2, 0.25) is 0 Å². The van der Waals surface area contributed by atoms with Gasteiger partial charge in [-0.15, -0.1) is 0 Å². The quantitative estimate of drug-likeness (QED) is 0.583. The summed E-state index contributed by atoms with van der Waals surface area (Å²) in [6, 6.07) is 18.6. The summed E-state index contributed by atoms with van der Waals surface area (Å²) >= 11 is 0. The molecule has 146 valence electrons. The second-order valence-electron chi connectivity index (χ2n) is 7.13. The second kappa shape index (κ2) is 9.41. The van der Waals surface area contributed by atoms with Gasteiger partial charge in [0.15, 0.2) is 0 Å². The smallest absolute Gasteiger partial charge is 0.337 e. The number of ether oxygens (including phenoxy) is 1. The lowest BCUT2D eigenvalue weighted by Gasteiger charge is -2.33. The molecular weight excluding hydrogens is 346 g/mol. The number of nitrogens with zero attached hydrogens (tertiary/aromatic N) is 1. The Morgan fingerprint density at radius 1 is 1.04 bits per heavy atom. The molecule has 3 rings (SSSR count). The normalized spacial score (nSPS) is 16.4. The SMILES string of the molecule is CCCCN1C=CC(c2ccc(C)cc2)C(C(=O)OCC)=C1c1ccccc1. The molecule has 0 aliphatic carbocycles. The highest BCUT2D eigenvalue weighted by Crippen LogP contribution is 2.39. The number of aryl methyl sites for hydroxylation is 1. The fourth-order valence-corrected chi connectivity index (χ4v) is 3.58. The number of allylic oxidation sites excluding steroid dienone is 1. The lowest BCUT2D eigenvalue weighted by atomic mass is 9.85. The number of benzene rings is 2. The van der Waals surface area contributed by atoms with E-state index in [1.165, 1.54) is 5.56 Å². The highest BCUT2D eigenvalue weighted by Gasteiger charge is 2.31. The fraction of sp³-hybridized carbons (Fsp3) is 0.320. The molecule has 1 aliphatic rings. The molecule has 1 atom stereocenters. The van der Waals surface area contributed by atoms with Crippen molar-refractivity contribution >= 4 is 11.7 Å². The monoisotopic (exact) mass is 375 g/mol. The van der Waals surface area contributed by atoms with E-state index < -0.39 is 0 Å². The number of hydrogen-bond acceptors (Lipinski definition) is 3. The van der Waals surface area contributed by atoms with E-state index in [1.807, 2.05) is 25.1 Å². The summed E-state index contributed by atoms with van der Waals surface area (Å²) in [7, 11) is 0. The highest BCUT2D eigenvalue weighted by atomic mass is 16.5. The van der Waals surface area contributed by atoms with E-state index in [2.05, 4.69) is 67.4 Å². The number of hydrogen-bond donors (Lipinski definition) is 0. The van der Waals surface area contributed by atoms with E-state index in [0.717, 1.165) is 41.8 Å². The largest absolute Gasteiger partial charge is 0.463 e. The summed E-state index contributed by atoms with van der Waals surface area (Å²) in [5, 5.41) is 0. The molecule has 0 fully saturated rings. The van der Waals surface area contributed by atoms with E-state index in [4.69, 9.17) is 4.74 Å². The van der Waals surface area contributed by atoms with Crippen molar-refractivity contribution in [3.63, 3.8) is 0 Å². The van der Waals surface area contributed by atoms with Gasteiger partial charge in [0, 0.05) is 18.7 Å². The second-order valence-corrected chi connectivity index (χ2v) is 7.13. The Hall–Kier alpha value is -2.81. The van der Waals surface area contributed by atoms with Gasteiger partial charge in [-0.05, 0) is 31.4 Å². The van der Waals surface area contributed by atoms with Crippen molar-refractivity contribution in [1.82, 2.24) is 4.90 Å².